The maximum atomic E-state index is 12.9. The molecule has 0 aromatic carbocycles. The molecule has 0 bridgehead atoms. The monoisotopic (exact) mass is 189 g/mol. The van der Waals surface area contributed by atoms with E-state index in [4.69, 9.17) is 16.2 Å². The van der Waals surface area contributed by atoms with E-state index in [-0.39, 0.29) is 18.2 Å². The van der Waals surface area contributed by atoms with Gasteiger partial charge in [-0.05, 0) is 19.8 Å². The van der Waals surface area contributed by atoms with E-state index in [1.165, 1.54) is 0 Å². The van der Waals surface area contributed by atoms with Crippen molar-refractivity contribution in [2.45, 2.75) is 38.1 Å². The minimum atomic E-state index is -0.851. The van der Waals surface area contributed by atoms with Crippen LogP contribution >= 0.6 is 0 Å². The van der Waals surface area contributed by atoms with E-state index in [0.29, 0.717) is 19.4 Å². The van der Waals surface area contributed by atoms with Gasteiger partial charge in [-0.25, -0.2) is 4.39 Å². The van der Waals surface area contributed by atoms with Crippen molar-refractivity contribution in [3.05, 3.63) is 0 Å². The van der Waals surface area contributed by atoms with Gasteiger partial charge in [0.05, 0.1) is 18.8 Å². The summed E-state index contributed by atoms with van der Waals surface area (Å²) in [6, 6.07) is 0. The predicted octanol–water partition coefficient (Wildman–Crippen LogP) is 0.165. The Bertz CT molecular complexity index is 194. The molecule has 13 heavy (non-hydrogen) atoms. The summed E-state index contributed by atoms with van der Waals surface area (Å²) in [7, 11) is 0. The van der Waals surface area contributed by atoms with Crippen LogP contribution in [-0.2, 0) is 4.74 Å². The first-order valence-electron chi connectivity index (χ1n) is 4.44. The first-order valence-corrected chi connectivity index (χ1v) is 4.44. The van der Waals surface area contributed by atoms with Crippen LogP contribution in [0.25, 0.3) is 0 Å². The van der Waals surface area contributed by atoms with E-state index in [1.807, 2.05) is 0 Å². The number of hydrogen-bond acceptors (Lipinski definition) is 2. The molecule has 1 saturated heterocycles. The van der Waals surface area contributed by atoms with Gasteiger partial charge in [0.1, 0.15) is 6.17 Å². The molecule has 1 aliphatic rings. The van der Waals surface area contributed by atoms with E-state index < -0.39 is 6.17 Å². The molecule has 0 aromatic heterocycles. The molecule has 0 aliphatic carbocycles. The minimum absolute atomic E-state index is 0.0379. The van der Waals surface area contributed by atoms with Crippen molar-refractivity contribution in [2.24, 2.45) is 16.5 Å². The topological polar surface area (TPSA) is 73.6 Å². The van der Waals surface area contributed by atoms with Gasteiger partial charge in [0.2, 0.25) is 0 Å². The van der Waals surface area contributed by atoms with E-state index in [2.05, 4.69) is 4.99 Å². The lowest BCUT2D eigenvalue weighted by Crippen LogP contribution is -2.36. The van der Waals surface area contributed by atoms with Gasteiger partial charge in [0, 0.05) is 0 Å². The molecule has 4 N–H and O–H groups in total. The van der Waals surface area contributed by atoms with Crippen LogP contribution < -0.4 is 11.5 Å². The molecule has 1 aliphatic heterocycles. The number of halogens is 1. The maximum absolute atomic E-state index is 12.9. The second kappa shape index (κ2) is 4.41. The van der Waals surface area contributed by atoms with E-state index in [9.17, 15) is 4.39 Å². The van der Waals surface area contributed by atoms with Crippen molar-refractivity contribution in [3.8, 4) is 0 Å². The van der Waals surface area contributed by atoms with Gasteiger partial charge in [-0.15, -0.1) is 0 Å². The minimum Gasteiger partial charge on any atom is -0.370 e. The van der Waals surface area contributed by atoms with Crippen molar-refractivity contribution in [3.63, 3.8) is 0 Å². The molecule has 1 rings (SSSR count). The fraction of sp³-hybridized carbons (Fsp3) is 0.875. The third-order valence-electron chi connectivity index (χ3n) is 2.16. The molecular weight excluding hydrogens is 173 g/mol. The average Bonchev–Trinajstić information content (AvgIpc) is 2.07. The van der Waals surface area contributed by atoms with Gasteiger partial charge in [-0.3, -0.25) is 4.99 Å². The first kappa shape index (κ1) is 10.2. The van der Waals surface area contributed by atoms with Crippen LogP contribution in [0.1, 0.15) is 19.8 Å². The zero-order chi connectivity index (χ0) is 9.84. The third kappa shape index (κ3) is 3.18. The van der Waals surface area contributed by atoms with Crippen molar-refractivity contribution in [2.75, 3.05) is 6.54 Å². The molecule has 0 unspecified atom stereocenters. The Morgan fingerprint density at radius 2 is 2.23 bits per heavy atom. The third-order valence-corrected chi connectivity index (χ3v) is 2.16. The molecule has 0 radical (unpaired) electrons. The highest BCUT2D eigenvalue weighted by atomic mass is 19.1. The van der Waals surface area contributed by atoms with E-state index >= 15 is 0 Å². The number of hydrogen-bond donors (Lipinski definition) is 2. The van der Waals surface area contributed by atoms with E-state index in [1.54, 1.807) is 6.92 Å². The summed E-state index contributed by atoms with van der Waals surface area (Å²) >= 11 is 0. The van der Waals surface area contributed by atoms with Crippen LogP contribution in [0.4, 0.5) is 4.39 Å². The number of guanidine groups is 1. The van der Waals surface area contributed by atoms with Gasteiger partial charge in [-0.1, -0.05) is 0 Å². The van der Waals surface area contributed by atoms with Crippen LogP contribution in [0.5, 0.6) is 0 Å². The fourth-order valence-electron chi connectivity index (χ4n) is 1.38. The summed E-state index contributed by atoms with van der Waals surface area (Å²) in [5.74, 6) is 0.0543. The van der Waals surface area contributed by atoms with Crippen molar-refractivity contribution < 1.29 is 9.13 Å². The van der Waals surface area contributed by atoms with Crippen LogP contribution in [0.3, 0.4) is 0 Å². The summed E-state index contributed by atoms with van der Waals surface area (Å²) in [4.78, 5) is 3.83. The Kier molecular flexibility index (Phi) is 3.48. The van der Waals surface area contributed by atoms with Gasteiger partial charge in [0.15, 0.2) is 5.96 Å². The Hall–Kier alpha value is -0.840. The number of aliphatic imine (C=N–C) groups is 1. The number of nitrogens with zero attached hydrogens (tertiary/aromatic N) is 1. The first-order chi connectivity index (χ1) is 6.09. The number of ether oxygens (including phenoxy) is 1. The maximum Gasteiger partial charge on any atom is 0.185 e. The molecule has 1 fully saturated rings. The second-order valence-corrected chi connectivity index (χ2v) is 3.32. The molecule has 1 heterocycles. The van der Waals surface area contributed by atoms with Gasteiger partial charge in [0.25, 0.3) is 0 Å². The molecule has 4 nitrogen and oxygen atoms in total. The molecular formula is C8H16FN3O. The zero-order valence-corrected chi connectivity index (χ0v) is 7.74. The van der Waals surface area contributed by atoms with Gasteiger partial charge >= 0.3 is 0 Å². The lowest BCUT2D eigenvalue weighted by atomic mass is 10.0. The Labute approximate surface area is 77.1 Å². The van der Waals surface area contributed by atoms with Crippen LogP contribution in [0.15, 0.2) is 4.99 Å². The highest BCUT2D eigenvalue weighted by molar-refractivity contribution is 5.75. The standard InChI is InChI=1S/C8H16FN3O/c1-5-7(9)3-2-6(13-5)4-12-8(10)11/h5-7H,2-4H2,1H3,(H4,10,11,12)/t5-,6+,7-/m1/s1. The van der Waals surface area contributed by atoms with Crippen molar-refractivity contribution in [1.82, 2.24) is 0 Å². The lowest BCUT2D eigenvalue weighted by Gasteiger charge is -2.29. The van der Waals surface area contributed by atoms with Crippen LogP contribution in [0, 0.1) is 0 Å². The zero-order valence-electron chi connectivity index (χ0n) is 7.74. The molecule has 76 valence electrons. The summed E-state index contributed by atoms with van der Waals surface area (Å²) in [5, 5.41) is 0. The van der Waals surface area contributed by atoms with Crippen molar-refractivity contribution in [1.29, 1.82) is 0 Å². The van der Waals surface area contributed by atoms with Crippen LogP contribution in [-0.4, -0.2) is 30.9 Å². The Balaban J connectivity index is 2.33. The summed E-state index contributed by atoms with van der Waals surface area (Å²) in [5.41, 5.74) is 10.3. The quantitative estimate of drug-likeness (QED) is 0.480. The van der Waals surface area contributed by atoms with Crippen LogP contribution in [0.2, 0.25) is 0 Å². The largest absolute Gasteiger partial charge is 0.370 e. The highest BCUT2D eigenvalue weighted by Gasteiger charge is 2.27. The molecule has 5 heteroatoms. The smallest absolute Gasteiger partial charge is 0.185 e. The van der Waals surface area contributed by atoms with Crippen molar-refractivity contribution >= 4 is 5.96 Å². The highest BCUT2D eigenvalue weighted by Crippen LogP contribution is 2.21. The summed E-state index contributed by atoms with van der Waals surface area (Å²) < 4.78 is 18.3. The summed E-state index contributed by atoms with van der Waals surface area (Å²) in [6.45, 7) is 2.16. The second-order valence-electron chi connectivity index (χ2n) is 3.32. The fourth-order valence-corrected chi connectivity index (χ4v) is 1.38. The number of nitrogens with two attached hydrogens (primary N) is 2. The van der Waals surface area contributed by atoms with E-state index in [0.717, 1.165) is 0 Å². The normalized spacial score (nSPS) is 34.2. The average molecular weight is 189 g/mol. The molecule has 0 spiro atoms. The number of alkyl halides is 1. The lowest BCUT2D eigenvalue weighted by molar-refractivity contribution is -0.0773. The van der Waals surface area contributed by atoms with Gasteiger partial charge < -0.3 is 16.2 Å². The predicted molar refractivity (Wildman–Crippen MR) is 49.1 cm³/mol. The molecule has 3 atom stereocenters. The Morgan fingerprint density at radius 3 is 2.77 bits per heavy atom. The SMILES string of the molecule is C[C@H]1O[C@H](CN=C(N)N)CC[C@H]1F. The summed E-state index contributed by atoms with van der Waals surface area (Å²) in [6.07, 6.45) is -0.0128. The molecule has 0 amide bonds. The van der Waals surface area contributed by atoms with Gasteiger partial charge in [-0.2, -0.15) is 0 Å². The molecule has 0 saturated carbocycles. The Morgan fingerprint density at radius 1 is 1.54 bits per heavy atom. The number of rotatable bonds is 2. The molecule has 0 aromatic rings.